The molecule has 0 spiro atoms. The van der Waals surface area contributed by atoms with E-state index in [4.69, 9.17) is 5.11 Å². The standard InChI is InChI=1S/C16H18FNO3/c1-11(16(20)21)10-18(14-7-8-14)15(19)9-4-12-2-5-13(17)6-3-12/h2-6,9,11,14H,7-8,10H2,1H3,(H,20,21)/b9-4+. The Morgan fingerprint density at radius 1 is 1.38 bits per heavy atom. The number of benzene rings is 1. The van der Waals surface area contributed by atoms with Crippen molar-refractivity contribution in [3.8, 4) is 0 Å². The summed E-state index contributed by atoms with van der Waals surface area (Å²) in [6.07, 6.45) is 4.87. The number of nitrogens with zero attached hydrogens (tertiary/aromatic N) is 1. The van der Waals surface area contributed by atoms with Crippen LogP contribution in [0.25, 0.3) is 6.08 Å². The first-order valence-electron chi connectivity index (χ1n) is 6.94. The summed E-state index contributed by atoms with van der Waals surface area (Å²) in [5.41, 5.74) is 0.728. The number of hydrogen-bond donors (Lipinski definition) is 1. The summed E-state index contributed by atoms with van der Waals surface area (Å²) in [6.45, 7) is 1.81. The molecule has 2 rings (SSSR count). The van der Waals surface area contributed by atoms with Gasteiger partial charge in [0.15, 0.2) is 0 Å². The van der Waals surface area contributed by atoms with Gasteiger partial charge in [-0.25, -0.2) is 4.39 Å². The maximum atomic E-state index is 12.8. The van der Waals surface area contributed by atoms with Gasteiger partial charge in [-0.1, -0.05) is 19.1 Å². The van der Waals surface area contributed by atoms with Crippen molar-refractivity contribution < 1.29 is 19.1 Å². The van der Waals surface area contributed by atoms with Crippen molar-refractivity contribution in [1.82, 2.24) is 4.90 Å². The number of hydrogen-bond acceptors (Lipinski definition) is 2. The van der Waals surface area contributed by atoms with E-state index in [1.807, 2.05) is 0 Å². The summed E-state index contributed by atoms with van der Waals surface area (Å²) in [6, 6.07) is 5.98. The molecular weight excluding hydrogens is 273 g/mol. The van der Waals surface area contributed by atoms with Gasteiger partial charge in [0, 0.05) is 18.7 Å². The van der Waals surface area contributed by atoms with Crippen molar-refractivity contribution in [2.75, 3.05) is 6.54 Å². The van der Waals surface area contributed by atoms with E-state index in [-0.39, 0.29) is 24.3 Å². The van der Waals surface area contributed by atoms with E-state index in [0.717, 1.165) is 18.4 Å². The minimum Gasteiger partial charge on any atom is -0.481 e. The molecule has 112 valence electrons. The molecular formula is C16H18FNO3. The van der Waals surface area contributed by atoms with Crippen molar-refractivity contribution in [2.24, 2.45) is 5.92 Å². The Balaban J connectivity index is 2.01. The van der Waals surface area contributed by atoms with Gasteiger partial charge in [-0.2, -0.15) is 0 Å². The van der Waals surface area contributed by atoms with Gasteiger partial charge in [-0.3, -0.25) is 9.59 Å². The highest BCUT2D eigenvalue weighted by atomic mass is 19.1. The van der Waals surface area contributed by atoms with E-state index in [9.17, 15) is 14.0 Å². The third kappa shape index (κ3) is 4.41. The van der Waals surface area contributed by atoms with E-state index >= 15 is 0 Å². The number of halogens is 1. The Morgan fingerprint density at radius 3 is 2.52 bits per heavy atom. The SMILES string of the molecule is CC(CN(C(=O)/C=C/c1ccc(F)cc1)C1CC1)C(=O)O. The zero-order chi connectivity index (χ0) is 15.4. The van der Waals surface area contributed by atoms with Crippen molar-refractivity contribution in [2.45, 2.75) is 25.8 Å². The number of amides is 1. The number of rotatable bonds is 6. The zero-order valence-electron chi connectivity index (χ0n) is 11.8. The van der Waals surface area contributed by atoms with Crippen LogP contribution in [0.15, 0.2) is 30.3 Å². The van der Waals surface area contributed by atoms with Crippen LogP contribution in [-0.2, 0) is 9.59 Å². The minimum atomic E-state index is -0.907. The second kappa shape index (κ2) is 6.52. The first kappa shape index (κ1) is 15.2. The molecule has 4 nitrogen and oxygen atoms in total. The van der Waals surface area contributed by atoms with Crippen LogP contribution in [0.5, 0.6) is 0 Å². The van der Waals surface area contributed by atoms with Gasteiger partial charge in [0.25, 0.3) is 0 Å². The van der Waals surface area contributed by atoms with Gasteiger partial charge in [0.1, 0.15) is 5.82 Å². The van der Waals surface area contributed by atoms with Crippen LogP contribution in [0.4, 0.5) is 4.39 Å². The molecule has 0 saturated heterocycles. The van der Waals surface area contributed by atoms with Gasteiger partial charge in [-0.05, 0) is 36.6 Å². The summed E-state index contributed by atoms with van der Waals surface area (Å²) >= 11 is 0. The molecule has 21 heavy (non-hydrogen) atoms. The van der Waals surface area contributed by atoms with E-state index < -0.39 is 11.9 Å². The predicted octanol–water partition coefficient (Wildman–Crippen LogP) is 2.55. The fourth-order valence-corrected chi connectivity index (χ4v) is 2.02. The maximum absolute atomic E-state index is 12.8. The van der Waals surface area contributed by atoms with Crippen molar-refractivity contribution in [1.29, 1.82) is 0 Å². The molecule has 0 aromatic heterocycles. The molecule has 0 heterocycles. The molecule has 0 aliphatic heterocycles. The van der Waals surface area contributed by atoms with Gasteiger partial charge < -0.3 is 10.0 Å². The topological polar surface area (TPSA) is 57.6 Å². The number of carboxylic acids is 1. The van der Waals surface area contributed by atoms with Gasteiger partial charge in [0.05, 0.1) is 5.92 Å². The maximum Gasteiger partial charge on any atom is 0.308 e. The highest BCUT2D eigenvalue weighted by molar-refractivity contribution is 5.92. The van der Waals surface area contributed by atoms with Crippen LogP contribution in [0.1, 0.15) is 25.3 Å². The monoisotopic (exact) mass is 291 g/mol. The summed E-state index contributed by atoms with van der Waals surface area (Å²) in [4.78, 5) is 24.7. The lowest BCUT2D eigenvalue weighted by Gasteiger charge is -2.22. The molecule has 1 aliphatic carbocycles. The number of carboxylic acid groups (broad SMARTS) is 1. The molecule has 0 bridgehead atoms. The Morgan fingerprint density at radius 2 is 2.00 bits per heavy atom. The fourth-order valence-electron chi connectivity index (χ4n) is 2.02. The summed E-state index contributed by atoms with van der Waals surface area (Å²) in [7, 11) is 0. The van der Waals surface area contributed by atoms with E-state index in [1.165, 1.54) is 18.2 Å². The Kier molecular flexibility index (Phi) is 4.73. The first-order chi connectivity index (χ1) is 9.97. The summed E-state index contributed by atoms with van der Waals surface area (Å²) in [5, 5.41) is 8.96. The van der Waals surface area contributed by atoms with Crippen LogP contribution in [0.3, 0.4) is 0 Å². The second-order valence-corrected chi connectivity index (χ2v) is 5.35. The lowest BCUT2D eigenvalue weighted by atomic mass is 10.1. The molecule has 1 N–H and O–H groups in total. The van der Waals surface area contributed by atoms with Crippen molar-refractivity contribution in [3.05, 3.63) is 41.7 Å². The molecule has 1 aliphatic rings. The van der Waals surface area contributed by atoms with Crippen LogP contribution >= 0.6 is 0 Å². The minimum absolute atomic E-state index is 0.150. The third-order valence-electron chi connectivity index (χ3n) is 3.45. The normalized spacial score (nSPS) is 15.9. The highest BCUT2D eigenvalue weighted by Crippen LogP contribution is 2.28. The molecule has 1 fully saturated rings. The third-order valence-corrected chi connectivity index (χ3v) is 3.45. The second-order valence-electron chi connectivity index (χ2n) is 5.35. The van der Waals surface area contributed by atoms with Crippen LogP contribution in [0, 0.1) is 11.7 Å². The number of carbonyl (C=O) groups excluding carboxylic acids is 1. The van der Waals surface area contributed by atoms with Crippen LogP contribution < -0.4 is 0 Å². The molecule has 1 atom stereocenters. The van der Waals surface area contributed by atoms with Crippen molar-refractivity contribution >= 4 is 18.0 Å². The largest absolute Gasteiger partial charge is 0.481 e. The predicted molar refractivity (Wildman–Crippen MR) is 77.0 cm³/mol. The Bertz CT molecular complexity index is 549. The lowest BCUT2D eigenvalue weighted by molar-refractivity contribution is -0.142. The van der Waals surface area contributed by atoms with Gasteiger partial charge in [0.2, 0.25) is 5.91 Å². The molecule has 1 saturated carbocycles. The fraction of sp³-hybridized carbons (Fsp3) is 0.375. The van der Waals surface area contributed by atoms with Crippen molar-refractivity contribution in [3.63, 3.8) is 0 Å². The number of carbonyl (C=O) groups is 2. The molecule has 0 radical (unpaired) electrons. The summed E-state index contributed by atoms with van der Waals surface area (Å²) < 4.78 is 12.8. The molecule has 1 aromatic carbocycles. The Hall–Kier alpha value is -2.17. The molecule has 5 heteroatoms. The Labute approximate surface area is 122 Å². The van der Waals surface area contributed by atoms with Gasteiger partial charge in [-0.15, -0.1) is 0 Å². The molecule has 1 unspecified atom stereocenters. The number of aliphatic carboxylic acids is 1. The van der Waals surface area contributed by atoms with E-state index in [1.54, 1.807) is 30.0 Å². The first-order valence-corrected chi connectivity index (χ1v) is 6.94. The lowest BCUT2D eigenvalue weighted by Crippen LogP contribution is -2.37. The average molecular weight is 291 g/mol. The van der Waals surface area contributed by atoms with Crippen LogP contribution in [-0.4, -0.2) is 34.5 Å². The molecule has 1 aromatic rings. The molecule has 1 amide bonds. The average Bonchev–Trinajstić information content (AvgIpc) is 3.28. The quantitative estimate of drug-likeness (QED) is 0.819. The zero-order valence-corrected chi connectivity index (χ0v) is 11.8. The van der Waals surface area contributed by atoms with Gasteiger partial charge >= 0.3 is 5.97 Å². The van der Waals surface area contributed by atoms with E-state index in [2.05, 4.69) is 0 Å². The highest BCUT2D eigenvalue weighted by Gasteiger charge is 2.33. The van der Waals surface area contributed by atoms with Crippen LogP contribution in [0.2, 0.25) is 0 Å². The van der Waals surface area contributed by atoms with E-state index in [0.29, 0.717) is 0 Å². The summed E-state index contributed by atoms with van der Waals surface area (Å²) in [5.74, 6) is -2.02. The smallest absolute Gasteiger partial charge is 0.308 e.